The SMILES string of the molecule is COCCC(NC(=O)C(C)Cc1ccc(F)c(Br)c1)C(=O)O. The normalized spacial score (nSPS) is 13.5. The van der Waals surface area contributed by atoms with Gasteiger partial charge in [-0.3, -0.25) is 4.79 Å². The molecule has 22 heavy (non-hydrogen) atoms. The molecule has 0 heterocycles. The van der Waals surface area contributed by atoms with E-state index in [4.69, 9.17) is 9.84 Å². The number of hydrogen-bond acceptors (Lipinski definition) is 3. The van der Waals surface area contributed by atoms with Gasteiger partial charge in [-0.15, -0.1) is 0 Å². The van der Waals surface area contributed by atoms with Crippen LogP contribution in [0.3, 0.4) is 0 Å². The summed E-state index contributed by atoms with van der Waals surface area (Å²) < 4.78 is 18.3. The van der Waals surface area contributed by atoms with Gasteiger partial charge in [-0.05, 0) is 40.0 Å². The predicted octanol–water partition coefficient (Wildman–Crippen LogP) is 2.37. The first-order chi connectivity index (χ1) is 10.3. The van der Waals surface area contributed by atoms with Crippen molar-refractivity contribution in [2.45, 2.75) is 25.8 Å². The van der Waals surface area contributed by atoms with Crippen LogP contribution in [0.4, 0.5) is 4.39 Å². The van der Waals surface area contributed by atoms with Crippen LogP contribution in [0.2, 0.25) is 0 Å². The lowest BCUT2D eigenvalue weighted by atomic mass is 10.00. The highest BCUT2D eigenvalue weighted by Gasteiger charge is 2.23. The number of carbonyl (C=O) groups is 2. The Hall–Kier alpha value is -1.47. The molecule has 0 aliphatic carbocycles. The number of ether oxygens (including phenoxy) is 1. The van der Waals surface area contributed by atoms with Crippen molar-refractivity contribution in [2.24, 2.45) is 5.92 Å². The third-order valence-corrected chi connectivity index (χ3v) is 3.81. The zero-order valence-electron chi connectivity index (χ0n) is 12.4. The number of rotatable bonds is 8. The average molecular weight is 376 g/mol. The lowest BCUT2D eigenvalue weighted by molar-refractivity contribution is -0.142. The standard InChI is InChI=1S/C15H19BrFNO4/c1-9(7-10-3-4-12(17)11(16)8-10)14(19)18-13(15(20)21)5-6-22-2/h3-4,8-9,13H,5-7H2,1-2H3,(H,18,19)(H,20,21). The van der Waals surface area contributed by atoms with E-state index in [1.54, 1.807) is 19.1 Å². The Morgan fingerprint density at radius 3 is 2.68 bits per heavy atom. The lowest BCUT2D eigenvalue weighted by Gasteiger charge is -2.17. The van der Waals surface area contributed by atoms with Crippen LogP contribution in [0.5, 0.6) is 0 Å². The monoisotopic (exact) mass is 375 g/mol. The fourth-order valence-electron chi connectivity index (χ4n) is 1.92. The van der Waals surface area contributed by atoms with Gasteiger partial charge in [0.05, 0.1) is 4.47 Å². The number of benzene rings is 1. The largest absolute Gasteiger partial charge is 0.480 e. The fourth-order valence-corrected chi connectivity index (χ4v) is 2.35. The molecule has 1 aromatic carbocycles. The number of hydrogen-bond donors (Lipinski definition) is 2. The highest BCUT2D eigenvalue weighted by atomic mass is 79.9. The third kappa shape index (κ3) is 5.73. The average Bonchev–Trinajstić information content (AvgIpc) is 2.46. The molecular weight excluding hydrogens is 357 g/mol. The topological polar surface area (TPSA) is 75.6 Å². The molecule has 0 saturated heterocycles. The second kappa shape index (κ2) is 8.85. The summed E-state index contributed by atoms with van der Waals surface area (Å²) in [5.74, 6) is -2.25. The van der Waals surface area contributed by atoms with Crippen molar-refractivity contribution in [3.05, 3.63) is 34.1 Å². The van der Waals surface area contributed by atoms with Crippen LogP contribution < -0.4 is 5.32 Å². The van der Waals surface area contributed by atoms with Crippen molar-refractivity contribution >= 4 is 27.8 Å². The van der Waals surface area contributed by atoms with E-state index < -0.39 is 17.9 Å². The van der Waals surface area contributed by atoms with E-state index in [9.17, 15) is 14.0 Å². The van der Waals surface area contributed by atoms with E-state index in [-0.39, 0.29) is 24.8 Å². The zero-order valence-corrected chi connectivity index (χ0v) is 14.0. The molecule has 0 radical (unpaired) electrons. The summed E-state index contributed by atoms with van der Waals surface area (Å²) in [7, 11) is 1.47. The Bertz CT molecular complexity index is 538. The molecule has 0 bridgehead atoms. The minimum atomic E-state index is -1.10. The molecule has 1 aromatic rings. The van der Waals surface area contributed by atoms with E-state index in [1.165, 1.54) is 13.2 Å². The van der Waals surface area contributed by atoms with Crippen molar-refractivity contribution in [3.63, 3.8) is 0 Å². The maximum Gasteiger partial charge on any atom is 0.326 e. The number of methoxy groups -OCH3 is 1. The van der Waals surface area contributed by atoms with E-state index in [0.29, 0.717) is 10.9 Å². The predicted molar refractivity (Wildman–Crippen MR) is 83.0 cm³/mol. The Kier molecular flexibility index (Phi) is 7.47. The van der Waals surface area contributed by atoms with Crippen molar-refractivity contribution in [3.8, 4) is 0 Å². The summed E-state index contributed by atoms with van der Waals surface area (Å²) in [5.41, 5.74) is 0.791. The second-order valence-corrected chi connectivity index (χ2v) is 5.89. The molecule has 122 valence electrons. The van der Waals surface area contributed by atoms with Gasteiger partial charge in [0.15, 0.2) is 0 Å². The van der Waals surface area contributed by atoms with Gasteiger partial charge in [0.25, 0.3) is 0 Å². The van der Waals surface area contributed by atoms with Gasteiger partial charge in [-0.25, -0.2) is 9.18 Å². The molecule has 1 amide bonds. The lowest BCUT2D eigenvalue weighted by Crippen LogP contribution is -2.44. The van der Waals surface area contributed by atoms with Gasteiger partial charge < -0.3 is 15.2 Å². The molecule has 1 rings (SSSR count). The molecule has 0 aromatic heterocycles. The zero-order chi connectivity index (χ0) is 16.7. The van der Waals surface area contributed by atoms with Gasteiger partial charge >= 0.3 is 5.97 Å². The number of carbonyl (C=O) groups excluding carboxylic acids is 1. The summed E-state index contributed by atoms with van der Waals surface area (Å²) in [4.78, 5) is 23.2. The maximum atomic E-state index is 13.2. The Balaban J connectivity index is 2.63. The molecule has 0 fully saturated rings. The number of carboxylic acids is 1. The number of nitrogens with one attached hydrogen (secondary N) is 1. The van der Waals surface area contributed by atoms with Gasteiger partial charge in [-0.2, -0.15) is 0 Å². The molecule has 0 aliphatic heterocycles. The maximum absolute atomic E-state index is 13.2. The third-order valence-electron chi connectivity index (χ3n) is 3.20. The highest BCUT2D eigenvalue weighted by molar-refractivity contribution is 9.10. The van der Waals surface area contributed by atoms with Crippen LogP contribution in [0.25, 0.3) is 0 Å². The number of halogens is 2. The van der Waals surface area contributed by atoms with Crippen LogP contribution in [-0.4, -0.2) is 36.7 Å². The quantitative estimate of drug-likeness (QED) is 0.731. The van der Waals surface area contributed by atoms with Crippen molar-refractivity contribution in [1.82, 2.24) is 5.32 Å². The first-order valence-corrected chi connectivity index (χ1v) is 7.60. The molecule has 0 spiro atoms. The molecule has 0 aliphatic rings. The van der Waals surface area contributed by atoms with Crippen molar-refractivity contribution < 1.29 is 23.8 Å². The Morgan fingerprint density at radius 2 is 2.14 bits per heavy atom. The van der Waals surface area contributed by atoms with E-state index in [1.807, 2.05) is 0 Å². The van der Waals surface area contributed by atoms with Crippen LogP contribution in [0.1, 0.15) is 18.9 Å². The van der Waals surface area contributed by atoms with Gasteiger partial charge in [-0.1, -0.05) is 13.0 Å². The first-order valence-electron chi connectivity index (χ1n) is 6.81. The minimum absolute atomic E-state index is 0.201. The number of carboxylic acid groups (broad SMARTS) is 1. The Labute approximate surface area is 137 Å². The van der Waals surface area contributed by atoms with E-state index in [2.05, 4.69) is 21.2 Å². The summed E-state index contributed by atoms with van der Waals surface area (Å²) in [6.07, 6.45) is 0.591. The summed E-state index contributed by atoms with van der Waals surface area (Å²) >= 11 is 3.09. The summed E-state index contributed by atoms with van der Waals surface area (Å²) in [6.45, 7) is 1.94. The van der Waals surface area contributed by atoms with Crippen molar-refractivity contribution in [1.29, 1.82) is 0 Å². The van der Waals surface area contributed by atoms with Gasteiger partial charge in [0.1, 0.15) is 11.9 Å². The van der Waals surface area contributed by atoms with E-state index >= 15 is 0 Å². The van der Waals surface area contributed by atoms with Gasteiger partial charge in [0, 0.05) is 26.1 Å². The molecule has 7 heteroatoms. The van der Waals surface area contributed by atoms with E-state index in [0.717, 1.165) is 5.56 Å². The summed E-state index contributed by atoms with van der Waals surface area (Å²) in [5, 5.41) is 11.6. The van der Waals surface area contributed by atoms with Crippen LogP contribution >= 0.6 is 15.9 Å². The van der Waals surface area contributed by atoms with Crippen LogP contribution in [0, 0.1) is 11.7 Å². The molecule has 5 nitrogen and oxygen atoms in total. The fraction of sp³-hybridized carbons (Fsp3) is 0.467. The smallest absolute Gasteiger partial charge is 0.326 e. The number of amides is 1. The second-order valence-electron chi connectivity index (χ2n) is 5.03. The van der Waals surface area contributed by atoms with Crippen molar-refractivity contribution in [2.75, 3.05) is 13.7 Å². The molecule has 2 N–H and O–H groups in total. The molecular formula is C15H19BrFNO4. The molecule has 0 saturated carbocycles. The first kappa shape index (κ1) is 18.6. The van der Waals surface area contributed by atoms with Crippen LogP contribution in [-0.2, 0) is 20.7 Å². The van der Waals surface area contributed by atoms with Gasteiger partial charge in [0.2, 0.25) is 5.91 Å². The van der Waals surface area contributed by atoms with Crippen LogP contribution in [0.15, 0.2) is 22.7 Å². The minimum Gasteiger partial charge on any atom is -0.480 e. The summed E-state index contributed by atoms with van der Waals surface area (Å²) in [6, 6.07) is 3.56. The number of aliphatic carboxylic acids is 1. The molecule has 2 atom stereocenters. The highest BCUT2D eigenvalue weighted by Crippen LogP contribution is 2.19. The Morgan fingerprint density at radius 1 is 1.45 bits per heavy atom. The molecule has 2 unspecified atom stereocenters.